The Bertz CT molecular complexity index is 823. The van der Waals surface area contributed by atoms with E-state index < -0.39 is 0 Å². The van der Waals surface area contributed by atoms with Gasteiger partial charge in [-0.1, -0.05) is 24.3 Å². The van der Waals surface area contributed by atoms with Crippen LogP contribution in [0.25, 0.3) is 0 Å². The number of nitrogens with zero attached hydrogens (tertiary/aromatic N) is 2. The molecule has 0 heterocycles. The van der Waals surface area contributed by atoms with Crippen molar-refractivity contribution in [1.29, 1.82) is 0 Å². The van der Waals surface area contributed by atoms with Crippen molar-refractivity contribution in [2.75, 3.05) is 65.0 Å². The number of rotatable bonds is 8. The molecule has 3 rings (SSSR count). The molecule has 2 aromatic carbocycles. The maximum atomic E-state index is 13.3. The summed E-state index contributed by atoms with van der Waals surface area (Å²) in [6.07, 6.45) is 0. The number of carbonyl (C=O) groups excluding carboxylic acids is 2. The molecule has 0 amide bonds. The first-order valence-corrected chi connectivity index (χ1v) is 9.52. The van der Waals surface area contributed by atoms with Gasteiger partial charge < -0.3 is 20.4 Å². The van der Waals surface area contributed by atoms with E-state index in [2.05, 4.69) is 20.4 Å². The van der Waals surface area contributed by atoms with E-state index >= 15 is 0 Å². The second-order valence-electron chi connectivity index (χ2n) is 7.57. The second kappa shape index (κ2) is 9.87. The third-order valence-corrected chi connectivity index (χ3v) is 4.82. The molecule has 6 nitrogen and oxygen atoms in total. The van der Waals surface area contributed by atoms with Gasteiger partial charge in [-0.3, -0.25) is 9.59 Å². The van der Waals surface area contributed by atoms with Crippen LogP contribution in [0, 0.1) is 0 Å². The van der Waals surface area contributed by atoms with Crippen LogP contribution in [-0.2, 0) is 0 Å². The molecule has 7 heteroatoms. The maximum absolute atomic E-state index is 13.3. The van der Waals surface area contributed by atoms with Crippen molar-refractivity contribution in [2.45, 2.75) is 0 Å². The van der Waals surface area contributed by atoms with Crippen molar-refractivity contribution in [3.63, 3.8) is 0 Å². The van der Waals surface area contributed by atoms with Crippen molar-refractivity contribution in [2.24, 2.45) is 0 Å². The summed E-state index contributed by atoms with van der Waals surface area (Å²) in [5, 5.41) is 6.62. The largest absolute Gasteiger partial charge is 0.383 e. The summed E-state index contributed by atoms with van der Waals surface area (Å²) >= 11 is 0. The summed E-state index contributed by atoms with van der Waals surface area (Å²) in [4.78, 5) is 30.7. The van der Waals surface area contributed by atoms with Crippen LogP contribution < -0.4 is 10.6 Å². The molecule has 0 atom stereocenters. The van der Waals surface area contributed by atoms with E-state index in [0.29, 0.717) is 46.7 Å². The Hall–Kier alpha value is -2.41. The Balaban J connectivity index is 0.00000300. The van der Waals surface area contributed by atoms with Gasteiger partial charge in [0.25, 0.3) is 0 Å². The molecular formula is C22H29ClN4O2. The Morgan fingerprint density at radius 3 is 1.41 bits per heavy atom. The highest BCUT2D eigenvalue weighted by Gasteiger charge is 2.33. The fraction of sp³-hybridized carbons (Fsp3) is 0.364. The molecule has 156 valence electrons. The van der Waals surface area contributed by atoms with Gasteiger partial charge in [0.2, 0.25) is 0 Å². The van der Waals surface area contributed by atoms with Crippen LogP contribution in [-0.4, -0.2) is 75.7 Å². The Morgan fingerprint density at radius 2 is 1.07 bits per heavy atom. The van der Waals surface area contributed by atoms with E-state index in [9.17, 15) is 9.59 Å². The number of hydrogen-bond acceptors (Lipinski definition) is 6. The number of halogens is 1. The summed E-state index contributed by atoms with van der Waals surface area (Å²) < 4.78 is 0. The van der Waals surface area contributed by atoms with Gasteiger partial charge in [0.1, 0.15) is 0 Å². The minimum absolute atomic E-state index is 0. The molecule has 1 aliphatic rings. The molecule has 1 aliphatic carbocycles. The first-order chi connectivity index (χ1) is 13.4. The summed E-state index contributed by atoms with van der Waals surface area (Å²) in [7, 11) is 7.99. The molecule has 0 unspecified atom stereocenters. The molecule has 0 spiro atoms. The Kier molecular flexibility index (Phi) is 7.79. The molecule has 0 aliphatic heterocycles. The van der Waals surface area contributed by atoms with Gasteiger partial charge in [-0.15, -0.1) is 12.4 Å². The highest BCUT2D eigenvalue weighted by atomic mass is 35.5. The van der Waals surface area contributed by atoms with Crippen molar-refractivity contribution >= 4 is 35.3 Å². The Labute approximate surface area is 178 Å². The molecule has 2 aromatic rings. The number of nitrogens with one attached hydrogen (secondary N) is 2. The van der Waals surface area contributed by atoms with Gasteiger partial charge in [0, 0.05) is 48.7 Å². The van der Waals surface area contributed by atoms with Crippen LogP contribution in [0.3, 0.4) is 0 Å². The van der Waals surface area contributed by atoms with Gasteiger partial charge in [0.05, 0.1) is 11.1 Å². The van der Waals surface area contributed by atoms with E-state index in [-0.39, 0.29) is 24.0 Å². The summed E-state index contributed by atoms with van der Waals surface area (Å²) in [6.45, 7) is 3.07. The van der Waals surface area contributed by atoms with Crippen LogP contribution in [0.15, 0.2) is 36.4 Å². The van der Waals surface area contributed by atoms with Crippen LogP contribution in [0.4, 0.5) is 11.4 Å². The second-order valence-corrected chi connectivity index (χ2v) is 7.57. The van der Waals surface area contributed by atoms with Gasteiger partial charge in [-0.2, -0.15) is 0 Å². The third-order valence-electron chi connectivity index (χ3n) is 4.82. The molecule has 0 saturated carbocycles. The fourth-order valence-corrected chi connectivity index (χ4v) is 3.36. The molecule has 0 saturated heterocycles. The number of likely N-dealkylation sites (N-methyl/N-ethyl adjacent to an activating group) is 2. The molecular weight excluding hydrogens is 388 g/mol. The third kappa shape index (κ3) is 4.96. The zero-order chi connectivity index (χ0) is 20.3. The normalized spacial score (nSPS) is 12.5. The summed E-state index contributed by atoms with van der Waals surface area (Å²) in [5.74, 6) is -0.206. The van der Waals surface area contributed by atoms with Gasteiger partial charge in [-0.25, -0.2) is 0 Å². The number of anilines is 2. The molecule has 0 radical (unpaired) electrons. The van der Waals surface area contributed by atoms with Crippen LogP contribution in [0.1, 0.15) is 31.8 Å². The van der Waals surface area contributed by atoms with Crippen LogP contribution >= 0.6 is 12.4 Å². The number of carbonyl (C=O) groups is 2. The molecule has 29 heavy (non-hydrogen) atoms. The average Bonchev–Trinajstić information content (AvgIpc) is 2.65. The monoisotopic (exact) mass is 416 g/mol. The SMILES string of the molecule is CN(C)CCNc1cccc2c1C(=O)c1cccc(NCCN(C)C)c1C2=O.Cl. The lowest BCUT2D eigenvalue weighted by Gasteiger charge is -2.23. The topological polar surface area (TPSA) is 64.7 Å². The van der Waals surface area contributed by atoms with Crippen molar-refractivity contribution in [1.82, 2.24) is 9.80 Å². The highest BCUT2D eigenvalue weighted by Crippen LogP contribution is 2.35. The highest BCUT2D eigenvalue weighted by molar-refractivity contribution is 6.31. The molecule has 0 fully saturated rings. The van der Waals surface area contributed by atoms with E-state index in [1.165, 1.54) is 0 Å². The number of ketones is 2. The number of benzene rings is 2. The lowest BCUT2D eigenvalue weighted by molar-refractivity contribution is 0.0980. The number of fused-ring (bicyclic) bond motifs is 2. The van der Waals surface area contributed by atoms with E-state index in [1.807, 2.05) is 52.5 Å². The predicted octanol–water partition coefficient (Wildman–Crippen LogP) is 2.83. The smallest absolute Gasteiger partial charge is 0.196 e. The van der Waals surface area contributed by atoms with Gasteiger partial charge >= 0.3 is 0 Å². The Morgan fingerprint density at radius 1 is 0.690 bits per heavy atom. The van der Waals surface area contributed by atoms with E-state index in [0.717, 1.165) is 13.1 Å². The predicted molar refractivity (Wildman–Crippen MR) is 121 cm³/mol. The standard InChI is InChI=1S/C22H28N4O2.ClH/c1-25(2)13-11-23-17-9-5-7-15-19(17)21(27)16-8-6-10-18(20(16)22(15)28)24-12-14-26(3)4;/h5-10,23-24H,11-14H2,1-4H3;1H. The minimum Gasteiger partial charge on any atom is -0.383 e. The fourth-order valence-electron chi connectivity index (χ4n) is 3.36. The lowest BCUT2D eigenvalue weighted by atomic mass is 9.82. The molecule has 0 aromatic heterocycles. The van der Waals surface area contributed by atoms with Crippen molar-refractivity contribution in [3.8, 4) is 0 Å². The van der Waals surface area contributed by atoms with Gasteiger partial charge in [0.15, 0.2) is 11.6 Å². The molecule has 0 bridgehead atoms. The van der Waals surface area contributed by atoms with E-state index in [1.54, 1.807) is 12.1 Å². The average molecular weight is 417 g/mol. The van der Waals surface area contributed by atoms with E-state index in [4.69, 9.17) is 0 Å². The van der Waals surface area contributed by atoms with Crippen LogP contribution in [0.2, 0.25) is 0 Å². The first-order valence-electron chi connectivity index (χ1n) is 9.52. The number of hydrogen-bond donors (Lipinski definition) is 2. The van der Waals surface area contributed by atoms with Crippen molar-refractivity contribution in [3.05, 3.63) is 58.7 Å². The zero-order valence-electron chi connectivity index (χ0n) is 17.4. The maximum Gasteiger partial charge on any atom is 0.196 e. The lowest BCUT2D eigenvalue weighted by Crippen LogP contribution is -2.27. The van der Waals surface area contributed by atoms with Gasteiger partial charge in [-0.05, 0) is 40.3 Å². The minimum atomic E-state index is -0.103. The quantitative estimate of drug-likeness (QED) is 0.588. The first kappa shape index (κ1) is 22.9. The van der Waals surface area contributed by atoms with Crippen LogP contribution in [0.5, 0.6) is 0 Å². The summed E-state index contributed by atoms with van der Waals surface area (Å²) in [5.41, 5.74) is 3.32. The summed E-state index contributed by atoms with van der Waals surface area (Å²) in [6, 6.07) is 10.9. The molecule has 2 N–H and O–H groups in total. The van der Waals surface area contributed by atoms with Crippen molar-refractivity contribution < 1.29 is 9.59 Å². The zero-order valence-corrected chi connectivity index (χ0v) is 18.2.